The van der Waals surface area contributed by atoms with Crippen LogP contribution in [-0.4, -0.2) is 18.7 Å². The van der Waals surface area contributed by atoms with Crippen molar-refractivity contribution in [3.8, 4) is 0 Å². The second-order valence-electron chi connectivity index (χ2n) is 8.84. The van der Waals surface area contributed by atoms with E-state index in [0.717, 1.165) is 12.8 Å². The monoisotopic (exact) mass is 404 g/mol. The SMILES string of the molecule is CCCCCCCCCCCCCCCCCCC(CS(=O)(=O)O)C(C)C. The summed E-state index contributed by atoms with van der Waals surface area (Å²) >= 11 is 0. The standard InChI is InChI=1S/C23H48O3S/c1-4-5-6-7-8-9-10-11-12-13-14-15-16-17-18-19-20-23(22(2)3)21-27(24,25)26/h22-23H,4-21H2,1-3H3,(H,24,25,26). The van der Waals surface area contributed by atoms with Crippen molar-refractivity contribution >= 4 is 10.1 Å². The molecule has 0 rings (SSSR count). The minimum atomic E-state index is -3.84. The number of hydrogen-bond donors (Lipinski definition) is 1. The second kappa shape index (κ2) is 18.0. The lowest BCUT2D eigenvalue weighted by atomic mass is 9.92. The first kappa shape index (κ1) is 26.9. The Balaban J connectivity index is 3.35. The Labute approximate surface area is 170 Å². The van der Waals surface area contributed by atoms with Gasteiger partial charge in [0.05, 0.1) is 5.75 Å². The second-order valence-corrected chi connectivity index (χ2v) is 10.3. The van der Waals surface area contributed by atoms with Crippen molar-refractivity contribution in [3.05, 3.63) is 0 Å². The van der Waals surface area contributed by atoms with E-state index in [9.17, 15) is 8.42 Å². The van der Waals surface area contributed by atoms with E-state index in [1.165, 1.54) is 96.3 Å². The predicted octanol–water partition coefficient (Wildman–Crippen LogP) is 7.80. The van der Waals surface area contributed by atoms with Crippen molar-refractivity contribution in [2.75, 3.05) is 5.75 Å². The third-order valence-corrected chi connectivity index (χ3v) is 6.65. The molecule has 0 spiro atoms. The van der Waals surface area contributed by atoms with Crippen LogP contribution < -0.4 is 0 Å². The maximum atomic E-state index is 11.1. The average Bonchev–Trinajstić information content (AvgIpc) is 2.59. The third kappa shape index (κ3) is 20.5. The Morgan fingerprint density at radius 3 is 1.26 bits per heavy atom. The molecule has 0 aromatic heterocycles. The van der Waals surface area contributed by atoms with Crippen LogP contribution in [0.1, 0.15) is 130 Å². The van der Waals surface area contributed by atoms with Crippen molar-refractivity contribution < 1.29 is 13.0 Å². The Morgan fingerprint density at radius 1 is 0.630 bits per heavy atom. The van der Waals surface area contributed by atoms with Crippen LogP contribution in [0.25, 0.3) is 0 Å². The summed E-state index contributed by atoms with van der Waals surface area (Å²) in [7, 11) is -3.84. The first-order valence-electron chi connectivity index (χ1n) is 11.8. The van der Waals surface area contributed by atoms with E-state index < -0.39 is 10.1 Å². The zero-order valence-electron chi connectivity index (χ0n) is 18.6. The molecule has 1 atom stereocenters. The molecule has 1 unspecified atom stereocenters. The van der Waals surface area contributed by atoms with Gasteiger partial charge in [-0.2, -0.15) is 8.42 Å². The lowest BCUT2D eigenvalue weighted by molar-refractivity contribution is 0.363. The van der Waals surface area contributed by atoms with Crippen LogP contribution in [-0.2, 0) is 10.1 Å². The lowest BCUT2D eigenvalue weighted by Gasteiger charge is -2.19. The molecule has 0 aliphatic heterocycles. The van der Waals surface area contributed by atoms with E-state index in [0.29, 0.717) is 5.92 Å². The van der Waals surface area contributed by atoms with Gasteiger partial charge in [-0.1, -0.05) is 124 Å². The van der Waals surface area contributed by atoms with Crippen LogP contribution in [0.3, 0.4) is 0 Å². The van der Waals surface area contributed by atoms with Crippen LogP contribution in [0.15, 0.2) is 0 Å². The van der Waals surface area contributed by atoms with Gasteiger partial charge in [0.25, 0.3) is 10.1 Å². The van der Waals surface area contributed by atoms with E-state index in [2.05, 4.69) is 6.92 Å². The molecule has 0 aromatic carbocycles. The van der Waals surface area contributed by atoms with Crippen LogP contribution in [0.4, 0.5) is 0 Å². The van der Waals surface area contributed by atoms with Gasteiger partial charge in [0.2, 0.25) is 0 Å². The molecule has 0 aromatic rings. The Bertz CT molecular complexity index is 404. The van der Waals surface area contributed by atoms with Crippen LogP contribution in [0.2, 0.25) is 0 Å². The molecule has 0 aliphatic carbocycles. The highest BCUT2D eigenvalue weighted by Crippen LogP contribution is 2.21. The van der Waals surface area contributed by atoms with Crippen LogP contribution in [0.5, 0.6) is 0 Å². The molecular weight excluding hydrogens is 356 g/mol. The largest absolute Gasteiger partial charge is 0.286 e. The zero-order chi connectivity index (χ0) is 20.4. The molecule has 164 valence electrons. The van der Waals surface area contributed by atoms with Gasteiger partial charge in [0.1, 0.15) is 0 Å². The first-order valence-corrected chi connectivity index (χ1v) is 13.4. The Hall–Kier alpha value is -0.0900. The summed E-state index contributed by atoms with van der Waals surface area (Å²) in [6.45, 7) is 6.36. The molecule has 4 heteroatoms. The van der Waals surface area contributed by atoms with Gasteiger partial charge in [0, 0.05) is 0 Å². The molecule has 0 saturated carbocycles. The van der Waals surface area contributed by atoms with Gasteiger partial charge in [-0.05, 0) is 18.3 Å². The molecule has 0 heterocycles. The summed E-state index contributed by atoms with van der Waals surface area (Å²) in [4.78, 5) is 0. The van der Waals surface area contributed by atoms with Gasteiger partial charge >= 0.3 is 0 Å². The maximum absolute atomic E-state index is 11.1. The van der Waals surface area contributed by atoms with Crippen molar-refractivity contribution in [2.24, 2.45) is 11.8 Å². The Morgan fingerprint density at radius 2 is 0.963 bits per heavy atom. The van der Waals surface area contributed by atoms with E-state index in [4.69, 9.17) is 4.55 Å². The summed E-state index contributed by atoms with van der Waals surface area (Å²) in [5, 5.41) is 0. The molecule has 0 fully saturated rings. The van der Waals surface area contributed by atoms with E-state index in [-0.39, 0.29) is 11.7 Å². The highest BCUT2D eigenvalue weighted by Gasteiger charge is 2.19. The number of rotatable bonds is 20. The maximum Gasteiger partial charge on any atom is 0.265 e. The van der Waals surface area contributed by atoms with Gasteiger partial charge < -0.3 is 0 Å². The van der Waals surface area contributed by atoms with Gasteiger partial charge in [0.15, 0.2) is 0 Å². The fraction of sp³-hybridized carbons (Fsp3) is 1.00. The summed E-state index contributed by atoms with van der Waals surface area (Å²) < 4.78 is 31.2. The molecular formula is C23H48O3S. The van der Waals surface area contributed by atoms with Crippen molar-refractivity contribution in [1.29, 1.82) is 0 Å². The fourth-order valence-electron chi connectivity index (χ4n) is 3.83. The van der Waals surface area contributed by atoms with E-state index in [1.807, 2.05) is 13.8 Å². The Kier molecular flexibility index (Phi) is 17.9. The molecule has 0 saturated heterocycles. The van der Waals surface area contributed by atoms with Gasteiger partial charge in [-0.3, -0.25) is 4.55 Å². The van der Waals surface area contributed by atoms with Gasteiger partial charge in [-0.15, -0.1) is 0 Å². The summed E-state index contributed by atoms with van der Waals surface area (Å²) in [5.41, 5.74) is 0. The highest BCUT2D eigenvalue weighted by atomic mass is 32.2. The molecule has 1 N–H and O–H groups in total. The number of hydrogen-bond acceptors (Lipinski definition) is 2. The average molecular weight is 405 g/mol. The first-order chi connectivity index (χ1) is 12.9. The van der Waals surface area contributed by atoms with Crippen LogP contribution in [0, 0.1) is 11.8 Å². The van der Waals surface area contributed by atoms with Crippen LogP contribution >= 0.6 is 0 Å². The van der Waals surface area contributed by atoms with Crippen molar-refractivity contribution in [2.45, 2.75) is 130 Å². The zero-order valence-corrected chi connectivity index (χ0v) is 19.4. The smallest absolute Gasteiger partial charge is 0.265 e. The minimum absolute atomic E-state index is 0.0800. The summed E-state index contributed by atoms with van der Waals surface area (Å²) in [5.74, 6) is 0.318. The molecule has 0 radical (unpaired) electrons. The van der Waals surface area contributed by atoms with Gasteiger partial charge in [-0.25, -0.2) is 0 Å². The highest BCUT2D eigenvalue weighted by molar-refractivity contribution is 7.85. The van der Waals surface area contributed by atoms with Crippen molar-refractivity contribution in [1.82, 2.24) is 0 Å². The number of unbranched alkanes of at least 4 members (excludes halogenated alkanes) is 15. The molecule has 0 aliphatic rings. The topological polar surface area (TPSA) is 54.4 Å². The predicted molar refractivity (Wildman–Crippen MR) is 119 cm³/mol. The van der Waals surface area contributed by atoms with E-state index >= 15 is 0 Å². The molecule has 0 bridgehead atoms. The summed E-state index contributed by atoms with van der Waals surface area (Å²) in [6.07, 6.45) is 22.6. The molecule has 3 nitrogen and oxygen atoms in total. The fourth-order valence-corrected chi connectivity index (χ4v) is 4.93. The molecule has 27 heavy (non-hydrogen) atoms. The van der Waals surface area contributed by atoms with E-state index in [1.54, 1.807) is 0 Å². The lowest BCUT2D eigenvalue weighted by Crippen LogP contribution is -2.20. The third-order valence-electron chi connectivity index (χ3n) is 5.80. The van der Waals surface area contributed by atoms with Crippen molar-refractivity contribution in [3.63, 3.8) is 0 Å². The quantitative estimate of drug-likeness (QED) is 0.166. The molecule has 0 amide bonds. The summed E-state index contributed by atoms with van der Waals surface area (Å²) in [6, 6.07) is 0. The normalized spacial score (nSPS) is 13.4. The minimum Gasteiger partial charge on any atom is -0.286 e.